The zero-order valence-corrected chi connectivity index (χ0v) is 8.51. The molecule has 0 aromatic rings. The van der Waals surface area contributed by atoms with Crippen LogP contribution in [-0.2, 0) is 10.0 Å². The second kappa shape index (κ2) is 3.11. The van der Waals surface area contributed by atoms with Crippen LogP contribution in [0.5, 0.6) is 0 Å². The lowest BCUT2D eigenvalue weighted by atomic mass is 10.0. The van der Waals surface area contributed by atoms with Gasteiger partial charge in [-0.1, -0.05) is 6.08 Å². The highest BCUT2D eigenvalue weighted by molar-refractivity contribution is 8.18. The van der Waals surface area contributed by atoms with Crippen LogP contribution in [0.25, 0.3) is 0 Å². The third-order valence-electron chi connectivity index (χ3n) is 2.16. The Kier molecular flexibility index (Phi) is 2.21. The minimum atomic E-state index is -3.49. The van der Waals surface area contributed by atoms with Gasteiger partial charge < -0.3 is 0 Å². The maximum atomic E-state index is 11.0. The summed E-state index contributed by atoms with van der Waals surface area (Å²) in [5.74, 6) is 0.253. The predicted octanol–water partition coefficient (Wildman–Crippen LogP) is 0.322. The van der Waals surface area contributed by atoms with Crippen molar-refractivity contribution in [3.05, 3.63) is 10.3 Å². The number of fused-ring (bicyclic) bond motifs is 1. The third-order valence-corrected chi connectivity index (χ3v) is 5.05. The molecule has 0 saturated heterocycles. The summed E-state index contributed by atoms with van der Waals surface area (Å²) in [4.78, 5) is 4.12. The third kappa shape index (κ3) is 1.79. The molecule has 2 N–H and O–H groups in total. The fourth-order valence-electron chi connectivity index (χ4n) is 1.49. The van der Waals surface area contributed by atoms with Gasteiger partial charge in [-0.05, 0) is 12.6 Å². The van der Waals surface area contributed by atoms with Crippen LogP contribution in [-0.4, -0.2) is 26.4 Å². The monoisotopic (exact) mass is 218 g/mol. The highest BCUT2D eigenvalue weighted by Crippen LogP contribution is 2.41. The lowest BCUT2D eigenvalue weighted by Gasteiger charge is -2.17. The average Bonchev–Trinajstić information content (AvgIpc) is 2.45. The molecule has 0 amide bonds. The molecular weight excluding hydrogens is 208 g/mol. The number of hydrogen-bond acceptors (Lipinski definition) is 4. The molecule has 2 heterocycles. The van der Waals surface area contributed by atoms with E-state index in [0.717, 1.165) is 6.42 Å². The molecule has 2 unspecified atom stereocenters. The second-order valence-corrected chi connectivity index (χ2v) is 6.20. The van der Waals surface area contributed by atoms with Gasteiger partial charge in [-0.25, -0.2) is 13.6 Å². The van der Waals surface area contributed by atoms with E-state index in [1.54, 1.807) is 6.08 Å². The van der Waals surface area contributed by atoms with Gasteiger partial charge in [0.15, 0.2) is 0 Å². The zero-order chi connectivity index (χ0) is 9.47. The van der Waals surface area contributed by atoms with Crippen LogP contribution < -0.4 is 5.14 Å². The van der Waals surface area contributed by atoms with E-state index in [1.165, 1.54) is 11.8 Å². The number of rotatable bonds is 1. The van der Waals surface area contributed by atoms with E-state index in [0.29, 0.717) is 16.0 Å². The Morgan fingerprint density at radius 3 is 3.00 bits per heavy atom. The van der Waals surface area contributed by atoms with Gasteiger partial charge >= 0.3 is 0 Å². The van der Waals surface area contributed by atoms with E-state index < -0.39 is 10.0 Å². The molecule has 0 aromatic heterocycles. The first-order chi connectivity index (χ1) is 6.07. The minimum absolute atomic E-state index is 0.253. The lowest BCUT2D eigenvalue weighted by Crippen LogP contribution is -2.19. The van der Waals surface area contributed by atoms with Crippen molar-refractivity contribution < 1.29 is 8.42 Å². The Hall–Kier alpha value is -0.330. The summed E-state index contributed by atoms with van der Waals surface area (Å²) < 4.78 is 22.4. The quantitative estimate of drug-likeness (QED) is 0.689. The van der Waals surface area contributed by atoms with Gasteiger partial charge in [0.2, 0.25) is 10.0 Å². The maximum absolute atomic E-state index is 11.0. The molecule has 0 radical (unpaired) electrons. The van der Waals surface area contributed by atoms with Gasteiger partial charge in [0, 0.05) is 17.7 Å². The SMILES string of the molecule is NS(=O)(=O)C1=CC2CN=CCC2S1. The topological polar surface area (TPSA) is 72.5 Å². The molecule has 0 aliphatic carbocycles. The number of aliphatic imine (C=N–C) groups is 1. The maximum Gasteiger partial charge on any atom is 0.243 e. The van der Waals surface area contributed by atoms with Crippen molar-refractivity contribution in [3.8, 4) is 0 Å². The van der Waals surface area contributed by atoms with E-state index in [9.17, 15) is 8.42 Å². The van der Waals surface area contributed by atoms with Gasteiger partial charge in [0.05, 0.1) is 0 Å². The van der Waals surface area contributed by atoms with E-state index >= 15 is 0 Å². The molecule has 2 aliphatic heterocycles. The summed E-state index contributed by atoms with van der Waals surface area (Å²) in [6.07, 6.45) is 4.43. The Morgan fingerprint density at radius 1 is 1.62 bits per heavy atom. The zero-order valence-electron chi connectivity index (χ0n) is 6.88. The van der Waals surface area contributed by atoms with Crippen molar-refractivity contribution in [2.45, 2.75) is 11.7 Å². The fourth-order valence-corrected chi connectivity index (χ4v) is 3.83. The molecule has 0 aromatic carbocycles. The van der Waals surface area contributed by atoms with Crippen LogP contribution in [0.3, 0.4) is 0 Å². The molecule has 2 rings (SSSR count). The van der Waals surface area contributed by atoms with E-state index in [2.05, 4.69) is 4.99 Å². The van der Waals surface area contributed by atoms with Crippen LogP contribution in [0.15, 0.2) is 15.3 Å². The van der Waals surface area contributed by atoms with Crippen LogP contribution in [0, 0.1) is 5.92 Å². The Bertz CT molecular complexity index is 372. The fraction of sp³-hybridized carbons (Fsp3) is 0.571. The van der Waals surface area contributed by atoms with Gasteiger partial charge in [-0.15, -0.1) is 11.8 Å². The van der Waals surface area contributed by atoms with Crippen molar-refractivity contribution in [1.82, 2.24) is 0 Å². The van der Waals surface area contributed by atoms with Gasteiger partial charge in [0.1, 0.15) is 4.24 Å². The van der Waals surface area contributed by atoms with Gasteiger partial charge in [-0.3, -0.25) is 4.99 Å². The molecular formula is C7H10N2O2S2. The number of nitrogens with two attached hydrogens (primary N) is 1. The van der Waals surface area contributed by atoms with Crippen LogP contribution in [0.4, 0.5) is 0 Å². The van der Waals surface area contributed by atoms with E-state index in [1.807, 2.05) is 6.21 Å². The van der Waals surface area contributed by atoms with Crippen molar-refractivity contribution in [3.63, 3.8) is 0 Å². The summed E-state index contributed by atoms with van der Waals surface area (Å²) in [6, 6.07) is 0. The molecule has 0 saturated carbocycles. The number of primary sulfonamides is 1. The molecule has 4 nitrogen and oxygen atoms in total. The molecule has 13 heavy (non-hydrogen) atoms. The van der Waals surface area contributed by atoms with Gasteiger partial charge in [-0.2, -0.15) is 0 Å². The van der Waals surface area contributed by atoms with Gasteiger partial charge in [0.25, 0.3) is 0 Å². The first-order valence-corrected chi connectivity index (χ1v) is 6.39. The summed E-state index contributed by atoms with van der Waals surface area (Å²) in [7, 11) is -3.49. The molecule has 0 fully saturated rings. The smallest absolute Gasteiger partial charge is 0.243 e. The summed E-state index contributed by atoms with van der Waals surface area (Å²) in [6.45, 7) is 0.691. The Morgan fingerprint density at radius 2 is 2.38 bits per heavy atom. The molecule has 0 bridgehead atoms. The van der Waals surface area contributed by atoms with Crippen molar-refractivity contribution in [2.24, 2.45) is 16.0 Å². The predicted molar refractivity (Wildman–Crippen MR) is 54.0 cm³/mol. The standard InChI is InChI=1S/C7H10N2O2S2/c8-13(10,11)7-3-5-4-9-2-1-6(5)12-7/h2-3,5-6H,1,4H2,(H2,8,10,11). The highest BCUT2D eigenvalue weighted by Gasteiger charge is 2.33. The second-order valence-electron chi connectivity index (χ2n) is 3.13. The largest absolute Gasteiger partial charge is 0.297 e. The Balaban J connectivity index is 2.22. The van der Waals surface area contributed by atoms with Crippen LogP contribution in [0.1, 0.15) is 6.42 Å². The number of nitrogens with zero attached hydrogens (tertiary/aromatic N) is 1. The lowest BCUT2D eigenvalue weighted by molar-refractivity contribution is 0.604. The summed E-state index contributed by atoms with van der Waals surface area (Å²) in [5.41, 5.74) is 0. The first kappa shape index (κ1) is 9.23. The molecule has 0 spiro atoms. The number of thioether (sulfide) groups is 1. The first-order valence-electron chi connectivity index (χ1n) is 3.97. The summed E-state index contributed by atoms with van der Waals surface area (Å²) in [5, 5.41) is 5.36. The van der Waals surface area contributed by atoms with Crippen molar-refractivity contribution in [2.75, 3.05) is 6.54 Å². The number of hydrogen-bond donors (Lipinski definition) is 1. The van der Waals surface area contributed by atoms with Crippen molar-refractivity contribution in [1.29, 1.82) is 0 Å². The van der Waals surface area contributed by atoms with E-state index in [-0.39, 0.29) is 5.92 Å². The Labute approximate surface area is 81.3 Å². The van der Waals surface area contributed by atoms with Crippen LogP contribution >= 0.6 is 11.8 Å². The molecule has 72 valence electrons. The van der Waals surface area contributed by atoms with E-state index in [4.69, 9.17) is 5.14 Å². The minimum Gasteiger partial charge on any atom is -0.297 e. The van der Waals surface area contributed by atoms with Crippen LogP contribution in [0.2, 0.25) is 0 Å². The summed E-state index contributed by atoms with van der Waals surface area (Å²) >= 11 is 1.36. The number of sulfonamides is 1. The molecule has 2 aliphatic rings. The highest BCUT2D eigenvalue weighted by atomic mass is 32.3. The molecule has 2 atom stereocenters. The molecule has 6 heteroatoms. The average molecular weight is 218 g/mol. The normalized spacial score (nSPS) is 32.8. The van der Waals surface area contributed by atoms with Crippen molar-refractivity contribution >= 4 is 28.0 Å².